The van der Waals surface area contributed by atoms with Gasteiger partial charge in [0, 0.05) is 11.4 Å². The first-order chi connectivity index (χ1) is 11.5. The number of hydrogen-bond donors (Lipinski definition) is 2. The first kappa shape index (κ1) is 17.5. The maximum Gasteiger partial charge on any atom is 0.340 e. The number of rotatable bonds is 6. The van der Waals surface area contributed by atoms with Crippen molar-refractivity contribution in [3.8, 4) is 0 Å². The molecular weight excluding hydrogens is 304 g/mol. The molecule has 0 aliphatic heterocycles. The molecule has 0 radical (unpaired) electrons. The zero-order valence-corrected chi connectivity index (χ0v) is 14.2. The van der Waals surface area contributed by atoms with E-state index in [2.05, 4.69) is 10.6 Å². The zero-order chi connectivity index (χ0) is 17.5. The third kappa shape index (κ3) is 4.35. The van der Waals surface area contributed by atoms with Crippen molar-refractivity contribution in [3.05, 3.63) is 59.2 Å². The lowest BCUT2D eigenvalue weighted by atomic mass is 10.1. The van der Waals surface area contributed by atoms with Crippen LogP contribution >= 0.6 is 0 Å². The Bertz CT molecular complexity index is 721. The van der Waals surface area contributed by atoms with Crippen molar-refractivity contribution in [1.29, 1.82) is 0 Å². The Balaban J connectivity index is 2.03. The molecule has 2 rings (SSSR count). The number of esters is 1. The largest absolute Gasteiger partial charge is 0.462 e. The molecule has 0 aliphatic carbocycles. The number of anilines is 2. The molecule has 0 fully saturated rings. The summed E-state index contributed by atoms with van der Waals surface area (Å²) < 4.78 is 5.02. The molecule has 0 saturated heterocycles. The third-order valence-corrected chi connectivity index (χ3v) is 3.61. The van der Waals surface area contributed by atoms with Crippen LogP contribution in [0.4, 0.5) is 11.4 Å². The highest BCUT2D eigenvalue weighted by atomic mass is 16.5. The fourth-order valence-electron chi connectivity index (χ4n) is 2.39. The topological polar surface area (TPSA) is 67.4 Å². The first-order valence-electron chi connectivity index (χ1n) is 7.89. The van der Waals surface area contributed by atoms with Crippen molar-refractivity contribution in [1.82, 2.24) is 0 Å². The van der Waals surface area contributed by atoms with Crippen molar-refractivity contribution in [3.63, 3.8) is 0 Å². The molecule has 2 N–H and O–H groups in total. The zero-order valence-electron chi connectivity index (χ0n) is 14.2. The van der Waals surface area contributed by atoms with Gasteiger partial charge in [-0.1, -0.05) is 30.3 Å². The molecule has 0 unspecified atom stereocenters. The Morgan fingerprint density at radius 1 is 1.00 bits per heavy atom. The molecule has 0 heterocycles. The number of nitrogens with one attached hydrogen (secondary N) is 2. The average molecular weight is 326 g/mol. The molecule has 0 spiro atoms. The molecule has 5 heteroatoms. The quantitative estimate of drug-likeness (QED) is 0.797. The molecule has 0 bridgehead atoms. The van der Waals surface area contributed by atoms with Gasteiger partial charge in [0.1, 0.15) is 0 Å². The van der Waals surface area contributed by atoms with Crippen molar-refractivity contribution >= 4 is 23.3 Å². The number of ether oxygens (including phenoxy) is 1. The highest BCUT2D eigenvalue weighted by Crippen LogP contribution is 2.20. The summed E-state index contributed by atoms with van der Waals surface area (Å²) in [5.74, 6) is -0.582. The fraction of sp³-hybridized carbons (Fsp3) is 0.263. The molecule has 5 nitrogen and oxygen atoms in total. The predicted octanol–water partition coefficient (Wildman–Crippen LogP) is 3.53. The van der Waals surface area contributed by atoms with Crippen LogP contribution in [0.1, 0.15) is 28.4 Å². The Kier molecular flexibility index (Phi) is 5.95. The number of aryl methyl sites for hydroxylation is 2. The van der Waals surface area contributed by atoms with Crippen LogP contribution in [0.15, 0.2) is 42.5 Å². The molecule has 0 saturated carbocycles. The first-order valence-corrected chi connectivity index (χ1v) is 7.89. The minimum Gasteiger partial charge on any atom is -0.462 e. The van der Waals surface area contributed by atoms with E-state index in [1.807, 2.05) is 32.0 Å². The SMILES string of the molecule is CCOC(=O)c1ccccc1NCC(=O)Nc1c(C)cccc1C. The summed E-state index contributed by atoms with van der Waals surface area (Å²) in [4.78, 5) is 24.1. The van der Waals surface area contributed by atoms with Gasteiger partial charge >= 0.3 is 5.97 Å². The summed E-state index contributed by atoms with van der Waals surface area (Å²) in [6.07, 6.45) is 0. The Labute approximate surface area is 142 Å². The van der Waals surface area contributed by atoms with Crippen molar-refractivity contribution in [2.75, 3.05) is 23.8 Å². The molecular formula is C19H22N2O3. The Morgan fingerprint density at radius 2 is 1.67 bits per heavy atom. The van der Waals surface area contributed by atoms with Gasteiger partial charge in [0.05, 0.1) is 18.7 Å². The molecule has 1 amide bonds. The molecule has 24 heavy (non-hydrogen) atoms. The average Bonchev–Trinajstić information content (AvgIpc) is 2.57. The van der Waals surface area contributed by atoms with Crippen LogP contribution in [0.2, 0.25) is 0 Å². The van der Waals surface area contributed by atoms with Gasteiger partial charge in [-0.15, -0.1) is 0 Å². The summed E-state index contributed by atoms with van der Waals surface area (Å²) in [6, 6.07) is 12.8. The van der Waals surface area contributed by atoms with Crippen LogP contribution in [0.3, 0.4) is 0 Å². The van der Waals surface area contributed by atoms with E-state index < -0.39 is 5.97 Å². The minimum atomic E-state index is -0.407. The summed E-state index contributed by atoms with van der Waals surface area (Å²) >= 11 is 0. The van der Waals surface area contributed by atoms with E-state index in [1.54, 1.807) is 31.2 Å². The van der Waals surface area contributed by atoms with E-state index in [9.17, 15) is 9.59 Å². The van der Waals surface area contributed by atoms with E-state index in [1.165, 1.54) is 0 Å². The Morgan fingerprint density at radius 3 is 2.33 bits per heavy atom. The van der Waals surface area contributed by atoms with E-state index in [4.69, 9.17) is 4.74 Å². The second kappa shape index (κ2) is 8.15. The van der Waals surface area contributed by atoms with Crippen LogP contribution < -0.4 is 10.6 Å². The molecule has 2 aromatic carbocycles. The molecule has 0 aromatic heterocycles. The van der Waals surface area contributed by atoms with Gasteiger partial charge in [-0.2, -0.15) is 0 Å². The van der Waals surface area contributed by atoms with E-state index in [0.717, 1.165) is 16.8 Å². The maximum atomic E-state index is 12.2. The van der Waals surface area contributed by atoms with Gasteiger partial charge in [0.2, 0.25) is 5.91 Å². The lowest BCUT2D eigenvalue weighted by Crippen LogP contribution is -2.23. The summed E-state index contributed by atoms with van der Waals surface area (Å²) in [6.45, 7) is 6.02. The highest BCUT2D eigenvalue weighted by Gasteiger charge is 2.13. The molecule has 2 aromatic rings. The van der Waals surface area contributed by atoms with E-state index >= 15 is 0 Å². The summed E-state index contributed by atoms with van der Waals surface area (Å²) in [7, 11) is 0. The van der Waals surface area contributed by atoms with Crippen LogP contribution in [-0.4, -0.2) is 25.0 Å². The molecule has 126 valence electrons. The van der Waals surface area contributed by atoms with Crippen LogP contribution in [-0.2, 0) is 9.53 Å². The standard InChI is InChI=1S/C19H22N2O3/c1-4-24-19(23)15-10-5-6-11-16(15)20-12-17(22)21-18-13(2)8-7-9-14(18)3/h5-11,20H,4,12H2,1-3H3,(H,21,22). The lowest BCUT2D eigenvalue weighted by molar-refractivity contribution is -0.114. The van der Waals surface area contributed by atoms with Crippen LogP contribution in [0, 0.1) is 13.8 Å². The van der Waals surface area contributed by atoms with Gasteiger partial charge in [-0.25, -0.2) is 4.79 Å². The number of carbonyl (C=O) groups excluding carboxylic acids is 2. The Hall–Kier alpha value is -2.82. The second-order valence-corrected chi connectivity index (χ2v) is 5.43. The summed E-state index contributed by atoms with van der Waals surface area (Å²) in [5.41, 5.74) is 3.83. The van der Waals surface area contributed by atoms with E-state index in [0.29, 0.717) is 17.9 Å². The number of amides is 1. The van der Waals surface area contributed by atoms with Crippen LogP contribution in [0.25, 0.3) is 0 Å². The van der Waals surface area contributed by atoms with Gasteiger partial charge in [-0.3, -0.25) is 4.79 Å². The van der Waals surface area contributed by atoms with Crippen molar-refractivity contribution in [2.24, 2.45) is 0 Å². The van der Waals surface area contributed by atoms with Crippen molar-refractivity contribution < 1.29 is 14.3 Å². The molecule has 0 atom stereocenters. The van der Waals surface area contributed by atoms with Gasteiger partial charge in [0.15, 0.2) is 0 Å². The molecule has 0 aliphatic rings. The lowest BCUT2D eigenvalue weighted by Gasteiger charge is -2.13. The van der Waals surface area contributed by atoms with Crippen LogP contribution in [0.5, 0.6) is 0 Å². The van der Waals surface area contributed by atoms with Gasteiger partial charge < -0.3 is 15.4 Å². The monoisotopic (exact) mass is 326 g/mol. The fourth-order valence-corrected chi connectivity index (χ4v) is 2.39. The number of benzene rings is 2. The third-order valence-electron chi connectivity index (χ3n) is 3.61. The predicted molar refractivity (Wildman–Crippen MR) is 95.4 cm³/mol. The number of hydrogen-bond acceptors (Lipinski definition) is 4. The van der Waals surface area contributed by atoms with Crippen molar-refractivity contribution in [2.45, 2.75) is 20.8 Å². The maximum absolute atomic E-state index is 12.2. The second-order valence-electron chi connectivity index (χ2n) is 5.43. The highest BCUT2D eigenvalue weighted by molar-refractivity contribution is 5.98. The normalized spacial score (nSPS) is 10.1. The smallest absolute Gasteiger partial charge is 0.340 e. The van der Waals surface area contributed by atoms with Gasteiger partial charge in [-0.05, 0) is 44.0 Å². The number of carbonyl (C=O) groups is 2. The minimum absolute atomic E-state index is 0.0597. The number of para-hydroxylation sites is 2. The van der Waals surface area contributed by atoms with E-state index in [-0.39, 0.29) is 12.5 Å². The summed E-state index contributed by atoms with van der Waals surface area (Å²) in [5, 5.41) is 5.90. The van der Waals surface area contributed by atoms with Gasteiger partial charge in [0.25, 0.3) is 0 Å².